The summed E-state index contributed by atoms with van der Waals surface area (Å²) in [4.78, 5) is 10.4. The van der Waals surface area contributed by atoms with Gasteiger partial charge in [-0.05, 0) is 46.7 Å². The Hall–Kier alpha value is -1.40. The van der Waals surface area contributed by atoms with E-state index in [0.717, 1.165) is 5.56 Å². The Morgan fingerprint density at radius 3 is 1.89 bits per heavy atom. The summed E-state index contributed by atoms with van der Waals surface area (Å²) in [5, 5.41) is 8.52. The molecular weight excluding hydrogens is 353 g/mol. The van der Waals surface area contributed by atoms with Gasteiger partial charge in [0.15, 0.2) is 0 Å². The van der Waals surface area contributed by atoms with Crippen LogP contribution in [-0.4, -0.2) is 17.1 Å². The van der Waals surface area contributed by atoms with E-state index in [4.69, 9.17) is 10.8 Å². The van der Waals surface area contributed by atoms with Crippen molar-refractivity contribution in [3.8, 4) is 0 Å². The van der Waals surface area contributed by atoms with E-state index in [1.54, 1.807) is 0 Å². The molecule has 3 N–H and O–H groups in total. The third-order valence-electron chi connectivity index (χ3n) is 2.35. The van der Waals surface area contributed by atoms with E-state index in [1.807, 2.05) is 48.5 Å². The molecule has 100 valence electrons. The van der Waals surface area contributed by atoms with Crippen LogP contribution >= 0.6 is 22.6 Å². The predicted octanol–water partition coefficient (Wildman–Crippen LogP) is 2.93. The van der Waals surface area contributed by atoms with Gasteiger partial charge in [-0.25, -0.2) is 0 Å². The van der Waals surface area contributed by atoms with Crippen LogP contribution in [0.25, 0.3) is 0 Å². The summed E-state index contributed by atoms with van der Waals surface area (Å²) in [5.41, 5.74) is 6.30. The first-order valence-corrected chi connectivity index (χ1v) is 6.90. The van der Waals surface area contributed by atoms with Crippen molar-refractivity contribution < 1.29 is 9.90 Å². The predicted molar refractivity (Wildman–Crippen MR) is 84.9 cm³/mol. The van der Waals surface area contributed by atoms with E-state index in [9.17, 15) is 4.79 Å². The summed E-state index contributed by atoms with van der Waals surface area (Å²) in [7, 11) is 0. The summed E-state index contributed by atoms with van der Waals surface area (Å²) in [6, 6.07) is 18.8. The van der Waals surface area contributed by atoms with Crippen LogP contribution in [-0.2, 0) is 11.2 Å². The van der Waals surface area contributed by atoms with E-state index in [-0.39, 0.29) is 0 Å². The average molecular weight is 369 g/mol. The molecule has 1 unspecified atom stereocenters. The quantitative estimate of drug-likeness (QED) is 0.818. The first-order valence-electron chi connectivity index (χ1n) is 5.82. The molecule has 0 bridgehead atoms. The highest BCUT2D eigenvalue weighted by Crippen LogP contribution is 2.01. The van der Waals surface area contributed by atoms with E-state index in [0.29, 0.717) is 6.42 Å². The Balaban J connectivity index is 0.000000218. The van der Waals surface area contributed by atoms with Crippen LogP contribution in [0.1, 0.15) is 5.56 Å². The number of carboxylic acid groups (broad SMARTS) is 1. The molecule has 2 aromatic rings. The Kier molecular flexibility index (Phi) is 7.14. The monoisotopic (exact) mass is 369 g/mol. The van der Waals surface area contributed by atoms with Crippen LogP contribution in [0.15, 0.2) is 60.7 Å². The minimum Gasteiger partial charge on any atom is -0.480 e. The van der Waals surface area contributed by atoms with E-state index in [2.05, 4.69) is 34.7 Å². The highest BCUT2D eigenvalue weighted by atomic mass is 127. The third kappa shape index (κ3) is 6.93. The molecule has 2 rings (SSSR count). The van der Waals surface area contributed by atoms with Crippen LogP contribution in [0.4, 0.5) is 0 Å². The maximum atomic E-state index is 10.4. The van der Waals surface area contributed by atoms with Crippen LogP contribution < -0.4 is 5.73 Å². The molecule has 1 atom stereocenters. The molecule has 0 saturated carbocycles. The summed E-state index contributed by atoms with van der Waals surface area (Å²) < 4.78 is 1.29. The lowest BCUT2D eigenvalue weighted by molar-refractivity contribution is -0.138. The first-order chi connectivity index (χ1) is 9.09. The Morgan fingerprint density at radius 1 is 1.05 bits per heavy atom. The zero-order valence-electron chi connectivity index (χ0n) is 10.4. The fraction of sp³-hybridized carbons (Fsp3) is 0.133. The molecule has 0 aliphatic carbocycles. The van der Waals surface area contributed by atoms with Crippen molar-refractivity contribution in [2.45, 2.75) is 12.5 Å². The third-order valence-corrected chi connectivity index (χ3v) is 3.07. The molecule has 0 amide bonds. The maximum Gasteiger partial charge on any atom is 0.320 e. The molecule has 0 spiro atoms. The Morgan fingerprint density at radius 2 is 1.53 bits per heavy atom. The van der Waals surface area contributed by atoms with Crippen LogP contribution in [0, 0.1) is 3.57 Å². The second kappa shape index (κ2) is 8.66. The molecule has 0 aliphatic rings. The second-order valence-electron chi connectivity index (χ2n) is 3.93. The standard InChI is InChI=1S/C9H11NO2.C6H5I/c10-8(9(11)12)6-7-4-2-1-3-5-7;7-6-4-2-1-3-5-6/h1-5,8H,6,10H2,(H,11,12);1-5H. The number of aliphatic carboxylic acids is 1. The van der Waals surface area contributed by atoms with Crippen molar-refractivity contribution >= 4 is 28.6 Å². The number of nitrogens with two attached hydrogens (primary N) is 1. The molecule has 3 nitrogen and oxygen atoms in total. The minimum atomic E-state index is -0.959. The van der Waals surface area contributed by atoms with Crippen LogP contribution in [0.5, 0.6) is 0 Å². The number of hydrogen-bond acceptors (Lipinski definition) is 2. The van der Waals surface area contributed by atoms with Gasteiger partial charge in [-0.1, -0.05) is 48.5 Å². The van der Waals surface area contributed by atoms with Gasteiger partial charge in [-0.15, -0.1) is 0 Å². The van der Waals surface area contributed by atoms with E-state index < -0.39 is 12.0 Å². The largest absolute Gasteiger partial charge is 0.480 e. The number of carboxylic acids is 1. The highest BCUT2D eigenvalue weighted by Gasteiger charge is 2.10. The molecule has 0 heterocycles. The molecule has 4 heteroatoms. The van der Waals surface area contributed by atoms with Gasteiger partial charge in [-0.2, -0.15) is 0 Å². The van der Waals surface area contributed by atoms with Gasteiger partial charge < -0.3 is 10.8 Å². The van der Waals surface area contributed by atoms with Crippen molar-refractivity contribution in [1.29, 1.82) is 0 Å². The molecule has 0 fully saturated rings. The Bertz CT molecular complexity index is 488. The van der Waals surface area contributed by atoms with Gasteiger partial charge in [0.1, 0.15) is 6.04 Å². The second-order valence-corrected chi connectivity index (χ2v) is 5.18. The number of rotatable bonds is 3. The van der Waals surface area contributed by atoms with Gasteiger partial charge in [-0.3, -0.25) is 4.79 Å². The lowest BCUT2D eigenvalue weighted by Crippen LogP contribution is -2.32. The van der Waals surface area contributed by atoms with Crippen LogP contribution in [0.2, 0.25) is 0 Å². The summed E-state index contributed by atoms with van der Waals surface area (Å²) in [6.45, 7) is 0. The minimum absolute atomic E-state index is 0.385. The average Bonchev–Trinajstić information content (AvgIpc) is 2.41. The summed E-state index contributed by atoms with van der Waals surface area (Å²) in [5.74, 6) is -0.959. The van der Waals surface area contributed by atoms with Crippen molar-refractivity contribution in [1.82, 2.24) is 0 Å². The zero-order valence-corrected chi connectivity index (χ0v) is 12.5. The smallest absolute Gasteiger partial charge is 0.320 e. The first kappa shape index (κ1) is 15.7. The number of benzene rings is 2. The lowest BCUT2D eigenvalue weighted by atomic mass is 10.1. The maximum absolute atomic E-state index is 10.4. The van der Waals surface area contributed by atoms with E-state index >= 15 is 0 Å². The highest BCUT2D eigenvalue weighted by molar-refractivity contribution is 14.1. The lowest BCUT2D eigenvalue weighted by Gasteiger charge is -2.04. The van der Waals surface area contributed by atoms with Gasteiger partial charge >= 0.3 is 5.97 Å². The van der Waals surface area contributed by atoms with Gasteiger partial charge in [0.25, 0.3) is 0 Å². The van der Waals surface area contributed by atoms with Gasteiger partial charge in [0.05, 0.1) is 0 Å². The fourth-order valence-corrected chi connectivity index (χ4v) is 1.79. The number of carbonyl (C=O) groups is 1. The normalized spacial score (nSPS) is 11.1. The van der Waals surface area contributed by atoms with Gasteiger partial charge in [0.2, 0.25) is 0 Å². The van der Waals surface area contributed by atoms with Crippen molar-refractivity contribution in [2.24, 2.45) is 5.73 Å². The molecule has 19 heavy (non-hydrogen) atoms. The van der Waals surface area contributed by atoms with E-state index in [1.165, 1.54) is 3.57 Å². The summed E-state index contributed by atoms with van der Waals surface area (Å²) >= 11 is 2.28. The topological polar surface area (TPSA) is 63.3 Å². The number of hydrogen-bond donors (Lipinski definition) is 2. The summed E-state index contributed by atoms with van der Waals surface area (Å²) in [6.07, 6.45) is 0.385. The SMILES string of the molecule is Ic1ccccc1.NC(Cc1ccccc1)C(=O)O. The molecule has 0 aromatic heterocycles. The molecule has 0 radical (unpaired) electrons. The van der Waals surface area contributed by atoms with Crippen molar-refractivity contribution in [3.63, 3.8) is 0 Å². The zero-order chi connectivity index (χ0) is 14.1. The Labute approximate surface area is 126 Å². The molecule has 0 aliphatic heterocycles. The van der Waals surface area contributed by atoms with Crippen molar-refractivity contribution in [3.05, 3.63) is 69.8 Å². The molecular formula is C15H16INO2. The van der Waals surface area contributed by atoms with Crippen LogP contribution in [0.3, 0.4) is 0 Å². The van der Waals surface area contributed by atoms with Crippen molar-refractivity contribution in [2.75, 3.05) is 0 Å². The fourth-order valence-electron chi connectivity index (χ4n) is 1.37. The molecule has 0 saturated heterocycles. The molecule has 2 aromatic carbocycles. The van der Waals surface area contributed by atoms with Gasteiger partial charge in [0, 0.05) is 3.57 Å². The number of halogens is 1.